The van der Waals surface area contributed by atoms with Crippen LogP contribution in [0.1, 0.15) is 6.92 Å². The Kier molecular flexibility index (Phi) is 4.86. The van der Waals surface area contributed by atoms with Gasteiger partial charge in [0.1, 0.15) is 18.1 Å². The summed E-state index contributed by atoms with van der Waals surface area (Å²) >= 11 is 0. The molecule has 0 amide bonds. The Morgan fingerprint density at radius 3 is 2.00 bits per heavy atom. The van der Waals surface area contributed by atoms with Gasteiger partial charge in [0.2, 0.25) is 0 Å². The van der Waals surface area contributed by atoms with Crippen LogP contribution < -0.4 is 9.47 Å². The monoisotopic (exact) mass is 196 g/mol. The highest BCUT2D eigenvalue weighted by atomic mass is 16.5. The van der Waals surface area contributed by atoms with Crippen LogP contribution in [0, 0.1) is 0 Å². The first-order valence-electron chi connectivity index (χ1n) is 4.71. The minimum absolute atomic E-state index is 0.574. The third-order valence-electron chi connectivity index (χ3n) is 1.69. The van der Waals surface area contributed by atoms with E-state index in [4.69, 9.17) is 14.2 Å². The van der Waals surface area contributed by atoms with Crippen LogP contribution in [0.2, 0.25) is 0 Å². The maximum absolute atomic E-state index is 5.40. The molecule has 3 heteroatoms. The van der Waals surface area contributed by atoms with E-state index in [1.165, 1.54) is 0 Å². The summed E-state index contributed by atoms with van der Waals surface area (Å²) in [5.74, 6) is 1.71. The molecule has 0 saturated carbocycles. The van der Waals surface area contributed by atoms with Crippen molar-refractivity contribution in [3.63, 3.8) is 0 Å². The molecule has 0 aromatic heterocycles. The first kappa shape index (κ1) is 10.9. The molecule has 0 aliphatic heterocycles. The maximum atomic E-state index is 5.40. The van der Waals surface area contributed by atoms with Gasteiger partial charge in [-0.15, -0.1) is 0 Å². The lowest BCUT2D eigenvalue weighted by molar-refractivity contribution is 0.146. The molecule has 0 fully saturated rings. The van der Waals surface area contributed by atoms with Gasteiger partial charge >= 0.3 is 0 Å². The fraction of sp³-hybridized carbons (Fsp3) is 0.455. The molecule has 1 aromatic rings. The fourth-order valence-electron chi connectivity index (χ4n) is 1.04. The number of hydrogen-bond acceptors (Lipinski definition) is 3. The van der Waals surface area contributed by atoms with Gasteiger partial charge in [-0.25, -0.2) is 0 Å². The number of rotatable bonds is 6. The van der Waals surface area contributed by atoms with E-state index in [2.05, 4.69) is 0 Å². The number of hydrogen-bond donors (Lipinski definition) is 0. The zero-order valence-corrected chi connectivity index (χ0v) is 8.66. The minimum Gasteiger partial charge on any atom is -0.494 e. The Bertz CT molecular complexity index is 243. The molecule has 0 unspecified atom stereocenters. The molecule has 0 atom stereocenters. The van der Waals surface area contributed by atoms with E-state index >= 15 is 0 Å². The van der Waals surface area contributed by atoms with E-state index in [0.717, 1.165) is 11.5 Å². The molecule has 78 valence electrons. The van der Waals surface area contributed by atoms with Crippen molar-refractivity contribution in [2.24, 2.45) is 0 Å². The second-order valence-electron chi connectivity index (χ2n) is 2.75. The van der Waals surface area contributed by atoms with Crippen LogP contribution >= 0.6 is 0 Å². The van der Waals surface area contributed by atoms with Crippen molar-refractivity contribution in [1.29, 1.82) is 0 Å². The van der Waals surface area contributed by atoms with Gasteiger partial charge in [-0.05, 0) is 31.2 Å². The van der Waals surface area contributed by atoms with Gasteiger partial charge in [-0.1, -0.05) is 0 Å². The highest BCUT2D eigenvalue weighted by molar-refractivity contribution is 5.31. The van der Waals surface area contributed by atoms with Gasteiger partial charge < -0.3 is 14.2 Å². The lowest BCUT2D eigenvalue weighted by atomic mass is 10.3. The second kappa shape index (κ2) is 6.27. The van der Waals surface area contributed by atoms with Crippen molar-refractivity contribution in [1.82, 2.24) is 0 Å². The Hall–Kier alpha value is -1.22. The van der Waals surface area contributed by atoms with Gasteiger partial charge in [0.05, 0.1) is 13.2 Å². The van der Waals surface area contributed by atoms with Gasteiger partial charge in [-0.3, -0.25) is 0 Å². The van der Waals surface area contributed by atoms with E-state index in [1.807, 2.05) is 31.2 Å². The van der Waals surface area contributed by atoms with E-state index in [0.29, 0.717) is 19.8 Å². The smallest absolute Gasteiger partial charge is 0.119 e. The fourth-order valence-corrected chi connectivity index (χ4v) is 1.04. The molecular weight excluding hydrogens is 180 g/mol. The van der Waals surface area contributed by atoms with Gasteiger partial charge in [-0.2, -0.15) is 0 Å². The summed E-state index contributed by atoms with van der Waals surface area (Å²) < 4.78 is 15.6. The summed E-state index contributed by atoms with van der Waals surface area (Å²) in [5.41, 5.74) is 0. The number of methoxy groups -OCH3 is 1. The van der Waals surface area contributed by atoms with Crippen molar-refractivity contribution in [3.05, 3.63) is 24.3 Å². The highest BCUT2D eigenvalue weighted by Gasteiger charge is 1.94. The van der Waals surface area contributed by atoms with Crippen LogP contribution in [0.4, 0.5) is 0 Å². The molecular formula is C11H16O3. The van der Waals surface area contributed by atoms with E-state index < -0.39 is 0 Å². The molecule has 0 aliphatic carbocycles. The Morgan fingerprint density at radius 2 is 1.50 bits per heavy atom. The van der Waals surface area contributed by atoms with E-state index in [1.54, 1.807) is 7.11 Å². The molecule has 1 rings (SSSR count). The molecule has 0 aliphatic rings. The number of benzene rings is 1. The van der Waals surface area contributed by atoms with Crippen LogP contribution in [-0.2, 0) is 4.74 Å². The Morgan fingerprint density at radius 1 is 0.929 bits per heavy atom. The standard InChI is InChI=1S/C11H16O3/c1-3-13-10-4-6-11(7-5-10)14-9-8-12-2/h4-7H,3,8-9H2,1-2H3. The van der Waals surface area contributed by atoms with Crippen LogP contribution in [0.25, 0.3) is 0 Å². The van der Waals surface area contributed by atoms with Crippen molar-refractivity contribution in [2.45, 2.75) is 6.92 Å². The minimum atomic E-state index is 0.574. The van der Waals surface area contributed by atoms with Gasteiger partial charge in [0, 0.05) is 7.11 Å². The Labute approximate surface area is 84.6 Å². The largest absolute Gasteiger partial charge is 0.494 e. The third-order valence-corrected chi connectivity index (χ3v) is 1.69. The van der Waals surface area contributed by atoms with Crippen LogP contribution in [-0.4, -0.2) is 26.9 Å². The van der Waals surface area contributed by atoms with Crippen molar-refractivity contribution < 1.29 is 14.2 Å². The normalized spacial score (nSPS) is 9.86. The first-order chi connectivity index (χ1) is 6.86. The molecule has 14 heavy (non-hydrogen) atoms. The number of ether oxygens (including phenoxy) is 3. The summed E-state index contributed by atoms with van der Waals surface area (Å²) in [5, 5.41) is 0. The van der Waals surface area contributed by atoms with Crippen LogP contribution in [0.15, 0.2) is 24.3 Å². The molecule has 0 heterocycles. The van der Waals surface area contributed by atoms with E-state index in [9.17, 15) is 0 Å². The predicted octanol–water partition coefficient (Wildman–Crippen LogP) is 2.11. The topological polar surface area (TPSA) is 27.7 Å². The Balaban J connectivity index is 2.38. The zero-order chi connectivity index (χ0) is 10.2. The van der Waals surface area contributed by atoms with Gasteiger partial charge in [0.15, 0.2) is 0 Å². The quantitative estimate of drug-likeness (QED) is 0.652. The summed E-state index contributed by atoms with van der Waals surface area (Å²) in [6.45, 7) is 3.82. The lowest BCUT2D eigenvalue weighted by Crippen LogP contribution is -2.04. The summed E-state index contributed by atoms with van der Waals surface area (Å²) in [6, 6.07) is 7.57. The van der Waals surface area contributed by atoms with Crippen molar-refractivity contribution >= 4 is 0 Å². The van der Waals surface area contributed by atoms with Gasteiger partial charge in [0.25, 0.3) is 0 Å². The average molecular weight is 196 g/mol. The first-order valence-corrected chi connectivity index (χ1v) is 4.71. The lowest BCUT2D eigenvalue weighted by Gasteiger charge is -2.06. The molecule has 0 bridgehead atoms. The summed E-state index contributed by atoms with van der Waals surface area (Å²) in [7, 11) is 1.65. The van der Waals surface area contributed by atoms with E-state index in [-0.39, 0.29) is 0 Å². The molecule has 1 aromatic carbocycles. The van der Waals surface area contributed by atoms with Crippen molar-refractivity contribution in [2.75, 3.05) is 26.9 Å². The third kappa shape index (κ3) is 3.66. The maximum Gasteiger partial charge on any atom is 0.119 e. The molecule has 0 N–H and O–H groups in total. The predicted molar refractivity (Wildman–Crippen MR) is 55.0 cm³/mol. The average Bonchev–Trinajstić information content (AvgIpc) is 2.21. The second-order valence-corrected chi connectivity index (χ2v) is 2.75. The highest BCUT2D eigenvalue weighted by Crippen LogP contribution is 2.17. The zero-order valence-electron chi connectivity index (χ0n) is 8.66. The molecule has 0 radical (unpaired) electrons. The SMILES string of the molecule is CCOc1ccc(OCCOC)cc1. The molecule has 0 saturated heterocycles. The molecule has 3 nitrogen and oxygen atoms in total. The van der Waals surface area contributed by atoms with Crippen LogP contribution in [0.3, 0.4) is 0 Å². The molecule has 0 spiro atoms. The summed E-state index contributed by atoms with van der Waals surface area (Å²) in [6.07, 6.45) is 0. The van der Waals surface area contributed by atoms with Crippen molar-refractivity contribution in [3.8, 4) is 11.5 Å². The summed E-state index contributed by atoms with van der Waals surface area (Å²) in [4.78, 5) is 0. The van der Waals surface area contributed by atoms with Crippen LogP contribution in [0.5, 0.6) is 11.5 Å².